The van der Waals surface area contributed by atoms with Gasteiger partial charge in [-0.2, -0.15) is 5.26 Å². The van der Waals surface area contributed by atoms with Crippen LogP contribution in [0.2, 0.25) is 0 Å². The van der Waals surface area contributed by atoms with Crippen LogP contribution in [-0.4, -0.2) is 11.9 Å². The number of aryl methyl sites for hydroxylation is 2. The van der Waals surface area contributed by atoms with Gasteiger partial charge < -0.3 is 10.6 Å². The fraction of sp³-hybridized carbons (Fsp3) is 0.250. The summed E-state index contributed by atoms with van der Waals surface area (Å²) in [6.45, 7) is 5.88. The van der Waals surface area contributed by atoms with Gasteiger partial charge in [0.05, 0.1) is 5.56 Å². The molecule has 2 rings (SSSR count). The van der Waals surface area contributed by atoms with Crippen molar-refractivity contribution in [1.29, 1.82) is 5.26 Å². The van der Waals surface area contributed by atoms with Crippen LogP contribution in [0.4, 0.5) is 10.7 Å². The molecule has 108 valence electrons. The predicted molar refractivity (Wildman–Crippen MR) is 86.7 cm³/mol. The standard InChI is InChI=1S/C16H17N3OS/c1-10-4-5-14(8-11(10)2)18-12(3)15(20)19-16-13(9-17)6-7-21-16/h4-8,12,18H,1-3H3,(H,19,20). The normalized spacial score (nSPS) is 11.5. The molecular formula is C16H17N3OS. The van der Waals surface area contributed by atoms with Crippen LogP contribution >= 0.6 is 11.3 Å². The highest BCUT2D eigenvalue weighted by atomic mass is 32.1. The van der Waals surface area contributed by atoms with E-state index in [9.17, 15) is 4.79 Å². The Morgan fingerprint density at radius 3 is 2.71 bits per heavy atom. The number of anilines is 2. The van der Waals surface area contributed by atoms with Gasteiger partial charge in [0.25, 0.3) is 0 Å². The number of benzene rings is 1. The van der Waals surface area contributed by atoms with E-state index >= 15 is 0 Å². The van der Waals surface area contributed by atoms with Crippen molar-refractivity contribution in [2.45, 2.75) is 26.8 Å². The Kier molecular flexibility index (Phi) is 4.61. The first-order chi connectivity index (χ1) is 10.0. The second-order valence-corrected chi connectivity index (χ2v) is 5.85. The zero-order valence-electron chi connectivity index (χ0n) is 12.2. The highest BCUT2D eigenvalue weighted by molar-refractivity contribution is 7.14. The van der Waals surface area contributed by atoms with Crippen molar-refractivity contribution in [3.8, 4) is 6.07 Å². The first-order valence-corrected chi connectivity index (χ1v) is 7.51. The van der Waals surface area contributed by atoms with Gasteiger partial charge in [0, 0.05) is 5.69 Å². The lowest BCUT2D eigenvalue weighted by molar-refractivity contribution is -0.116. The lowest BCUT2D eigenvalue weighted by Crippen LogP contribution is -2.31. The third-order valence-electron chi connectivity index (χ3n) is 3.31. The van der Waals surface area contributed by atoms with Gasteiger partial charge in [0.1, 0.15) is 17.1 Å². The molecule has 0 aliphatic carbocycles. The molecule has 1 atom stereocenters. The summed E-state index contributed by atoms with van der Waals surface area (Å²) in [7, 11) is 0. The highest BCUT2D eigenvalue weighted by Gasteiger charge is 2.15. The molecule has 1 aromatic heterocycles. The van der Waals surface area contributed by atoms with Gasteiger partial charge in [-0.1, -0.05) is 6.07 Å². The number of hydrogen-bond acceptors (Lipinski definition) is 4. The van der Waals surface area contributed by atoms with Crippen molar-refractivity contribution in [2.75, 3.05) is 10.6 Å². The average Bonchev–Trinajstić information content (AvgIpc) is 2.90. The number of nitrogens with zero attached hydrogens (tertiary/aromatic N) is 1. The Morgan fingerprint density at radius 2 is 2.05 bits per heavy atom. The second kappa shape index (κ2) is 6.42. The Hall–Kier alpha value is -2.32. The van der Waals surface area contributed by atoms with E-state index in [2.05, 4.69) is 23.6 Å². The zero-order chi connectivity index (χ0) is 15.4. The number of amides is 1. The largest absolute Gasteiger partial charge is 0.374 e. The SMILES string of the molecule is Cc1ccc(NC(C)C(=O)Nc2sccc2C#N)cc1C. The second-order valence-electron chi connectivity index (χ2n) is 4.93. The molecule has 21 heavy (non-hydrogen) atoms. The van der Waals surface area contributed by atoms with E-state index in [1.807, 2.05) is 25.1 Å². The van der Waals surface area contributed by atoms with E-state index in [1.165, 1.54) is 22.5 Å². The van der Waals surface area contributed by atoms with Crippen LogP contribution < -0.4 is 10.6 Å². The first kappa shape index (κ1) is 15.1. The maximum atomic E-state index is 12.2. The van der Waals surface area contributed by atoms with Crippen LogP contribution in [0.3, 0.4) is 0 Å². The smallest absolute Gasteiger partial charge is 0.247 e. The molecule has 4 nitrogen and oxygen atoms in total. The molecule has 1 heterocycles. The number of hydrogen-bond donors (Lipinski definition) is 2. The maximum Gasteiger partial charge on any atom is 0.247 e. The summed E-state index contributed by atoms with van der Waals surface area (Å²) in [5.74, 6) is -0.160. The number of nitriles is 1. The van der Waals surface area contributed by atoms with E-state index in [0.717, 1.165) is 5.69 Å². The van der Waals surface area contributed by atoms with Gasteiger partial charge in [-0.15, -0.1) is 11.3 Å². The summed E-state index contributed by atoms with van der Waals surface area (Å²) in [5.41, 5.74) is 3.80. The lowest BCUT2D eigenvalue weighted by atomic mass is 10.1. The van der Waals surface area contributed by atoms with Gasteiger partial charge in [0.15, 0.2) is 0 Å². The Labute approximate surface area is 128 Å². The van der Waals surface area contributed by atoms with Gasteiger partial charge >= 0.3 is 0 Å². The molecule has 0 bridgehead atoms. The van der Waals surface area contributed by atoms with Gasteiger partial charge in [-0.3, -0.25) is 4.79 Å². The Bertz CT molecular complexity index is 700. The van der Waals surface area contributed by atoms with Crippen molar-refractivity contribution in [3.05, 3.63) is 46.3 Å². The summed E-state index contributed by atoms with van der Waals surface area (Å²) in [6, 6.07) is 9.36. The molecule has 2 aromatic rings. The van der Waals surface area contributed by atoms with Gasteiger partial charge in [-0.25, -0.2) is 0 Å². The number of carbonyl (C=O) groups excluding carboxylic acids is 1. The van der Waals surface area contributed by atoms with Crippen LogP contribution in [0.1, 0.15) is 23.6 Å². The summed E-state index contributed by atoms with van der Waals surface area (Å²) in [4.78, 5) is 12.2. The van der Waals surface area contributed by atoms with Crippen molar-refractivity contribution < 1.29 is 4.79 Å². The van der Waals surface area contributed by atoms with Crippen LogP contribution in [-0.2, 0) is 4.79 Å². The van der Waals surface area contributed by atoms with E-state index in [-0.39, 0.29) is 11.9 Å². The van der Waals surface area contributed by atoms with Crippen LogP contribution in [0, 0.1) is 25.2 Å². The molecule has 1 amide bonds. The van der Waals surface area contributed by atoms with Gasteiger partial charge in [0.2, 0.25) is 5.91 Å². The van der Waals surface area contributed by atoms with Crippen molar-refractivity contribution in [1.82, 2.24) is 0 Å². The molecule has 1 aromatic carbocycles. The Balaban J connectivity index is 2.03. The summed E-state index contributed by atoms with van der Waals surface area (Å²) in [6.07, 6.45) is 0. The molecule has 5 heteroatoms. The van der Waals surface area contributed by atoms with Crippen LogP contribution in [0.5, 0.6) is 0 Å². The quantitative estimate of drug-likeness (QED) is 0.905. The number of nitrogens with one attached hydrogen (secondary N) is 2. The van der Waals surface area contributed by atoms with E-state index in [0.29, 0.717) is 10.6 Å². The fourth-order valence-electron chi connectivity index (χ4n) is 1.86. The summed E-state index contributed by atoms with van der Waals surface area (Å²) in [5, 5.41) is 17.3. The monoisotopic (exact) mass is 299 g/mol. The molecular weight excluding hydrogens is 282 g/mol. The molecule has 0 saturated carbocycles. The Morgan fingerprint density at radius 1 is 1.29 bits per heavy atom. The molecule has 2 N–H and O–H groups in total. The molecule has 0 fully saturated rings. The number of thiophene rings is 1. The molecule has 0 spiro atoms. The van der Waals surface area contributed by atoms with E-state index < -0.39 is 0 Å². The third kappa shape index (κ3) is 3.61. The van der Waals surface area contributed by atoms with Crippen molar-refractivity contribution in [2.24, 2.45) is 0 Å². The number of carbonyl (C=O) groups is 1. The minimum Gasteiger partial charge on any atom is -0.374 e. The first-order valence-electron chi connectivity index (χ1n) is 6.63. The summed E-state index contributed by atoms with van der Waals surface area (Å²) < 4.78 is 0. The minimum atomic E-state index is -0.388. The minimum absolute atomic E-state index is 0.160. The average molecular weight is 299 g/mol. The van der Waals surface area contributed by atoms with E-state index in [1.54, 1.807) is 18.4 Å². The lowest BCUT2D eigenvalue weighted by Gasteiger charge is -2.15. The van der Waals surface area contributed by atoms with Crippen LogP contribution in [0.25, 0.3) is 0 Å². The molecule has 1 unspecified atom stereocenters. The predicted octanol–water partition coefficient (Wildman–Crippen LogP) is 3.68. The molecule has 0 aliphatic rings. The third-order valence-corrected chi connectivity index (χ3v) is 4.14. The van der Waals surface area contributed by atoms with E-state index in [4.69, 9.17) is 5.26 Å². The number of rotatable bonds is 4. The van der Waals surface area contributed by atoms with Crippen molar-refractivity contribution in [3.63, 3.8) is 0 Å². The maximum absolute atomic E-state index is 12.2. The van der Waals surface area contributed by atoms with Gasteiger partial charge in [-0.05, 0) is 55.5 Å². The van der Waals surface area contributed by atoms with Crippen LogP contribution in [0.15, 0.2) is 29.6 Å². The summed E-state index contributed by atoms with van der Waals surface area (Å²) >= 11 is 1.35. The zero-order valence-corrected chi connectivity index (χ0v) is 13.0. The fourth-order valence-corrected chi connectivity index (χ4v) is 2.60. The molecule has 0 saturated heterocycles. The van der Waals surface area contributed by atoms with Crippen molar-refractivity contribution >= 4 is 27.9 Å². The highest BCUT2D eigenvalue weighted by Crippen LogP contribution is 2.22. The topological polar surface area (TPSA) is 64.9 Å². The molecule has 0 radical (unpaired) electrons. The molecule has 0 aliphatic heterocycles.